The van der Waals surface area contributed by atoms with Crippen molar-refractivity contribution in [2.24, 2.45) is 13.0 Å². The van der Waals surface area contributed by atoms with Crippen molar-refractivity contribution in [1.82, 2.24) is 19.4 Å². The van der Waals surface area contributed by atoms with E-state index in [-0.39, 0.29) is 0 Å². The summed E-state index contributed by atoms with van der Waals surface area (Å²) >= 11 is 0. The largest absolute Gasteiger partial charge is 0.344 e. The fraction of sp³-hybridized carbons (Fsp3) is 0.364. The molecular weight excluding hydrogens is 334 g/mol. The van der Waals surface area contributed by atoms with Gasteiger partial charge in [-0.25, -0.2) is 9.97 Å². The summed E-state index contributed by atoms with van der Waals surface area (Å²) in [6.45, 7) is 6.60. The zero-order chi connectivity index (χ0) is 18.8. The van der Waals surface area contributed by atoms with Gasteiger partial charge >= 0.3 is 0 Å². The predicted molar refractivity (Wildman–Crippen MR) is 112 cm³/mol. The highest BCUT2D eigenvalue weighted by Crippen LogP contribution is 2.26. The Kier molecular flexibility index (Phi) is 4.94. The summed E-state index contributed by atoms with van der Waals surface area (Å²) in [6, 6.07) is 8.53. The van der Waals surface area contributed by atoms with Crippen LogP contribution in [0.5, 0.6) is 0 Å². The number of benzene rings is 1. The SMILES string of the molecule is C=C(CC1CCCN(C)C1)Nc1cc2cc(-c3cncn3C)ccc2cn1. The van der Waals surface area contributed by atoms with Gasteiger partial charge in [-0.1, -0.05) is 18.7 Å². The maximum Gasteiger partial charge on any atom is 0.130 e. The fourth-order valence-electron chi connectivity index (χ4n) is 4.02. The van der Waals surface area contributed by atoms with Crippen LogP contribution in [-0.2, 0) is 7.05 Å². The molecule has 0 spiro atoms. The van der Waals surface area contributed by atoms with Crippen LogP contribution in [0.25, 0.3) is 22.0 Å². The molecule has 5 heteroatoms. The van der Waals surface area contributed by atoms with Crippen LogP contribution in [-0.4, -0.2) is 39.6 Å². The van der Waals surface area contributed by atoms with Crippen LogP contribution in [0, 0.1) is 5.92 Å². The number of nitrogens with zero attached hydrogens (tertiary/aromatic N) is 4. The molecule has 1 unspecified atom stereocenters. The lowest BCUT2D eigenvalue weighted by Gasteiger charge is -2.30. The molecule has 1 N–H and O–H groups in total. The lowest BCUT2D eigenvalue weighted by atomic mass is 9.94. The number of allylic oxidation sites excluding steroid dienone is 1. The number of aryl methyl sites for hydroxylation is 1. The quantitative estimate of drug-likeness (QED) is 0.736. The first-order chi connectivity index (χ1) is 13.1. The number of pyridine rings is 1. The second-order valence-electron chi connectivity index (χ2n) is 7.72. The van der Waals surface area contributed by atoms with Gasteiger partial charge in [-0.3, -0.25) is 0 Å². The lowest BCUT2D eigenvalue weighted by Crippen LogP contribution is -2.32. The van der Waals surface area contributed by atoms with Gasteiger partial charge in [0.15, 0.2) is 0 Å². The minimum absolute atomic E-state index is 0.681. The molecule has 0 amide bonds. The second kappa shape index (κ2) is 7.53. The summed E-state index contributed by atoms with van der Waals surface area (Å²) in [6.07, 6.45) is 9.20. The summed E-state index contributed by atoms with van der Waals surface area (Å²) in [5.41, 5.74) is 3.31. The van der Waals surface area contributed by atoms with E-state index < -0.39 is 0 Å². The summed E-state index contributed by atoms with van der Waals surface area (Å²) in [5.74, 6) is 1.54. The third-order valence-electron chi connectivity index (χ3n) is 5.40. The minimum atomic E-state index is 0.681. The van der Waals surface area contributed by atoms with Gasteiger partial charge in [0.25, 0.3) is 0 Å². The fourth-order valence-corrected chi connectivity index (χ4v) is 4.02. The Labute approximate surface area is 160 Å². The molecule has 2 aromatic heterocycles. The van der Waals surface area contributed by atoms with Crippen LogP contribution in [0.1, 0.15) is 19.3 Å². The van der Waals surface area contributed by atoms with Crippen molar-refractivity contribution in [2.45, 2.75) is 19.3 Å². The molecule has 140 valence electrons. The molecule has 1 aliphatic heterocycles. The van der Waals surface area contributed by atoms with E-state index in [4.69, 9.17) is 0 Å². The van der Waals surface area contributed by atoms with Crippen LogP contribution in [0.2, 0.25) is 0 Å². The smallest absolute Gasteiger partial charge is 0.130 e. The first-order valence-electron chi connectivity index (χ1n) is 9.58. The van der Waals surface area contributed by atoms with Crippen LogP contribution < -0.4 is 5.32 Å². The van der Waals surface area contributed by atoms with Crippen molar-refractivity contribution in [1.29, 1.82) is 0 Å². The Morgan fingerprint density at radius 3 is 2.89 bits per heavy atom. The van der Waals surface area contributed by atoms with E-state index in [0.29, 0.717) is 5.92 Å². The molecule has 5 nitrogen and oxygen atoms in total. The second-order valence-corrected chi connectivity index (χ2v) is 7.72. The highest BCUT2D eigenvalue weighted by atomic mass is 15.1. The van der Waals surface area contributed by atoms with Crippen LogP contribution in [0.3, 0.4) is 0 Å². The summed E-state index contributed by atoms with van der Waals surface area (Å²) in [5, 5.41) is 5.71. The molecule has 1 aliphatic rings. The lowest BCUT2D eigenvalue weighted by molar-refractivity contribution is 0.209. The molecule has 0 bridgehead atoms. The maximum absolute atomic E-state index is 4.56. The molecule has 1 aromatic carbocycles. The van der Waals surface area contributed by atoms with Gasteiger partial charge < -0.3 is 14.8 Å². The Morgan fingerprint density at radius 1 is 1.22 bits per heavy atom. The third-order valence-corrected chi connectivity index (χ3v) is 5.40. The molecule has 0 saturated carbocycles. The van der Waals surface area contributed by atoms with Crippen molar-refractivity contribution < 1.29 is 0 Å². The van der Waals surface area contributed by atoms with Crippen LogP contribution in [0.4, 0.5) is 5.82 Å². The molecule has 3 heterocycles. The molecule has 3 aromatic rings. The van der Waals surface area contributed by atoms with E-state index >= 15 is 0 Å². The minimum Gasteiger partial charge on any atom is -0.344 e. The Hall–Kier alpha value is -2.66. The number of fused-ring (bicyclic) bond motifs is 1. The molecule has 0 aliphatic carbocycles. The van der Waals surface area contributed by atoms with Gasteiger partial charge in [0, 0.05) is 36.4 Å². The third kappa shape index (κ3) is 4.03. The number of piperidine rings is 1. The topological polar surface area (TPSA) is 46.0 Å². The first kappa shape index (κ1) is 17.7. The highest BCUT2D eigenvalue weighted by molar-refractivity contribution is 5.88. The van der Waals surface area contributed by atoms with Crippen molar-refractivity contribution >= 4 is 16.6 Å². The van der Waals surface area contributed by atoms with Crippen molar-refractivity contribution in [3.8, 4) is 11.3 Å². The van der Waals surface area contributed by atoms with Gasteiger partial charge in [0.2, 0.25) is 0 Å². The van der Waals surface area contributed by atoms with E-state index in [1.165, 1.54) is 19.4 Å². The van der Waals surface area contributed by atoms with Crippen molar-refractivity contribution in [3.63, 3.8) is 0 Å². The molecule has 1 atom stereocenters. The van der Waals surface area contributed by atoms with E-state index in [9.17, 15) is 0 Å². The van der Waals surface area contributed by atoms with Gasteiger partial charge in [-0.2, -0.15) is 0 Å². The van der Waals surface area contributed by atoms with E-state index in [2.05, 4.69) is 58.1 Å². The Bertz CT molecular complexity index is 958. The predicted octanol–water partition coefficient (Wildman–Crippen LogP) is 4.29. The zero-order valence-corrected chi connectivity index (χ0v) is 16.2. The number of aromatic nitrogens is 3. The number of rotatable bonds is 5. The summed E-state index contributed by atoms with van der Waals surface area (Å²) < 4.78 is 2.03. The number of imidazole rings is 1. The van der Waals surface area contributed by atoms with Crippen LogP contribution in [0.15, 0.2) is 55.3 Å². The number of anilines is 1. The number of nitrogens with one attached hydrogen (secondary N) is 1. The van der Waals surface area contributed by atoms with Gasteiger partial charge in [0.1, 0.15) is 5.82 Å². The number of hydrogen-bond acceptors (Lipinski definition) is 4. The van der Waals surface area contributed by atoms with E-state index in [1.807, 2.05) is 30.3 Å². The zero-order valence-electron chi connectivity index (χ0n) is 16.2. The molecule has 1 fully saturated rings. The number of hydrogen-bond donors (Lipinski definition) is 1. The van der Waals surface area contributed by atoms with Gasteiger partial charge in [-0.15, -0.1) is 0 Å². The average molecular weight is 361 g/mol. The van der Waals surface area contributed by atoms with Crippen molar-refractivity contribution in [3.05, 3.63) is 55.3 Å². The van der Waals surface area contributed by atoms with Crippen LogP contribution >= 0.6 is 0 Å². The maximum atomic E-state index is 4.56. The summed E-state index contributed by atoms with van der Waals surface area (Å²) in [4.78, 5) is 11.2. The van der Waals surface area contributed by atoms with Gasteiger partial charge in [0.05, 0.1) is 18.2 Å². The highest BCUT2D eigenvalue weighted by Gasteiger charge is 2.18. The standard InChI is InChI=1S/C22H27N5/c1-16(9-17-5-4-8-26(2)14-17)25-22-11-20-10-18(6-7-19(20)12-24-22)21-13-23-15-27(21)3/h6-7,10-13,15,17H,1,4-5,8-9,14H2,2-3H3,(H,24,25). The van der Waals surface area contributed by atoms with Crippen molar-refractivity contribution in [2.75, 3.05) is 25.5 Å². The van der Waals surface area contributed by atoms with Gasteiger partial charge in [-0.05, 0) is 56.3 Å². The molecular formula is C22H27N5. The Morgan fingerprint density at radius 2 is 2.11 bits per heavy atom. The van der Waals surface area contributed by atoms with E-state index in [1.54, 1.807) is 0 Å². The summed E-state index contributed by atoms with van der Waals surface area (Å²) in [7, 11) is 4.21. The normalized spacial score (nSPS) is 17.9. The molecule has 0 radical (unpaired) electrons. The monoisotopic (exact) mass is 361 g/mol. The van der Waals surface area contributed by atoms with E-state index in [0.717, 1.165) is 46.5 Å². The molecule has 27 heavy (non-hydrogen) atoms. The average Bonchev–Trinajstić information content (AvgIpc) is 3.07. The Balaban J connectivity index is 1.50. The number of likely N-dealkylation sites (tertiary alicyclic amines) is 1. The molecule has 4 rings (SSSR count). The first-order valence-corrected chi connectivity index (χ1v) is 9.58. The molecule has 1 saturated heterocycles.